The Balaban J connectivity index is 1.87. The number of methoxy groups -OCH3 is 2. The van der Waals surface area contributed by atoms with E-state index < -0.39 is 19.9 Å². The van der Waals surface area contributed by atoms with Crippen molar-refractivity contribution in [1.82, 2.24) is 0 Å². The Kier molecular flexibility index (Phi) is 10.1. The number of esters is 1. The highest BCUT2D eigenvalue weighted by Gasteiger charge is 2.50. The lowest BCUT2D eigenvalue weighted by Gasteiger charge is -2.44. The first-order valence-corrected chi connectivity index (χ1v) is 16.1. The number of hydrogen-bond acceptors (Lipinski definition) is 6. The van der Waals surface area contributed by atoms with Crippen molar-refractivity contribution in [1.29, 1.82) is 0 Å². The second kappa shape index (κ2) is 12.6. The number of carbonyl (C=O) groups is 1. The van der Waals surface area contributed by atoms with Gasteiger partial charge in [-0.15, -0.1) is 0 Å². The molecule has 6 nitrogen and oxygen atoms in total. The molecule has 0 unspecified atom stereocenters. The van der Waals surface area contributed by atoms with Crippen LogP contribution < -0.4 is 10.4 Å². The smallest absolute Gasteiger partial charge is 0.340 e. The van der Waals surface area contributed by atoms with E-state index >= 15 is 0 Å². The fourth-order valence-electron chi connectivity index (χ4n) is 5.91. The Morgan fingerprint density at radius 3 is 1.80 bits per heavy atom. The number of ether oxygens (including phenoxy) is 4. The van der Waals surface area contributed by atoms with Crippen LogP contribution in [-0.4, -0.2) is 46.7 Å². The maximum atomic E-state index is 12.5. The van der Waals surface area contributed by atoms with Crippen LogP contribution in [-0.2, 0) is 28.2 Å². The molecule has 220 valence electrons. The molecule has 0 bridgehead atoms. The van der Waals surface area contributed by atoms with Crippen molar-refractivity contribution in [3.63, 3.8) is 0 Å². The molecule has 0 fully saturated rings. The van der Waals surface area contributed by atoms with Crippen LogP contribution >= 0.6 is 0 Å². The molecule has 0 N–H and O–H groups in total. The number of carbonyl (C=O) groups excluding carboxylic acids is 1. The Morgan fingerprint density at radius 2 is 1.35 bits per heavy atom. The first-order valence-electron chi connectivity index (χ1n) is 14.2. The van der Waals surface area contributed by atoms with Crippen molar-refractivity contribution in [2.24, 2.45) is 11.8 Å². The van der Waals surface area contributed by atoms with Crippen LogP contribution in [0, 0.1) is 11.8 Å². The van der Waals surface area contributed by atoms with Gasteiger partial charge in [-0.3, -0.25) is 0 Å². The lowest BCUT2D eigenvalue weighted by molar-refractivity contribution is -0.235. The van der Waals surface area contributed by atoms with Gasteiger partial charge in [0.2, 0.25) is 5.79 Å². The van der Waals surface area contributed by atoms with E-state index in [2.05, 4.69) is 88.4 Å². The van der Waals surface area contributed by atoms with E-state index in [4.69, 9.17) is 23.4 Å². The van der Waals surface area contributed by atoms with Gasteiger partial charge in [0, 0.05) is 53.4 Å². The number of cyclic esters (lactones) is 1. The molecule has 0 spiro atoms. The average molecular weight is 569 g/mol. The molecule has 2 atom stereocenters. The average Bonchev–Trinajstić information content (AvgIpc) is 2.90. The Bertz CT molecular complexity index is 1110. The van der Waals surface area contributed by atoms with Crippen LogP contribution in [0.1, 0.15) is 68.2 Å². The summed E-state index contributed by atoms with van der Waals surface area (Å²) in [6, 6.07) is 21.3. The normalized spacial score (nSPS) is 17.7. The summed E-state index contributed by atoms with van der Waals surface area (Å²) in [6.07, 6.45) is 1.13. The van der Waals surface area contributed by atoms with Crippen LogP contribution in [0.4, 0.5) is 0 Å². The summed E-state index contributed by atoms with van der Waals surface area (Å²) in [4.78, 5) is 12.5. The molecule has 0 aromatic heterocycles. The van der Waals surface area contributed by atoms with Crippen molar-refractivity contribution in [3.05, 3.63) is 72.0 Å². The van der Waals surface area contributed by atoms with Gasteiger partial charge in [0.15, 0.2) is 5.79 Å². The Morgan fingerprint density at radius 1 is 0.850 bits per heavy atom. The molecule has 0 aliphatic carbocycles. The van der Waals surface area contributed by atoms with E-state index in [-0.39, 0.29) is 22.8 Å². The minimum atomic E-state index is -2.66. The molecule has 0 amide bonds. The third-order valence-electron chi connectivity index (χ3n) is 7.84. The largest absolute Gasteiger partial charge is 0.456 e. The lowest BCUT2D eigenvalue weighted by Crippen LogP contribution is -2.67. The van der Waals surface area contributed by atoms with Crippen LogP contribution in [0.3, 0.4) is 0 Å². The second-order valence-corrected chi connectivity index (χ2v) is 16.9. The standard InChI is InChI=1S/C33H48O6Si/c1-24(21-33(35-9,36-10)22-25(2)29-26(3)30(34)39-32(7,8)38-29)23-37-40(31(4,5)6,27-17-13-11-14-18-27)28-19-15-12-16-20-28/h11-20,24-25H,21-23H2,1-10H3/t24-,25-/m1/s1. The van der Waals surface area contributed by atoms with E-state index in [1.807, 2.05) is 6.92 Å². The number of hydrogen-bond donors (Lipinski definition) is 0. The highest BCUT2D eigenvalue weighted by atomic mass is 28.4. The van der Waals surface area contributed by atoms with Gasteiger partial charge in [-0.2, -0.15) is 0 Å². The molecular formula is C33H48O6Si. The van der Waals surface area contributed by atoms with Gasteiger partial charge in [0.05, 0.1) is 5.57 Å². The van der Waals surface area contributed by atoms with Gasteiger partial charge < -0.3 is 23.4 Å². The molecule has 1 heterocycles. The Labute approximate surface area is 242 Å². The highest BCUT2D eigenvalue weighted by molar-refractivity contribution is 6.99. The van der Waals surface area contributed by atoms with Gasteiger partial charge in [-0.25, -0.2) is 4.79 Å². The molecule has 0 saturated heterocycles. The Hall–Kier alpha value is -2.45. The lowest BCUT2D eigenvalue weighted by atomic mass is 9.90. The number of benzene rings is 2. The first-order chi connectivity index (χ1) is 18.7. The van der Waals surface area contributed by atoms with Gasteiger partial charge in [0.1, 0.15) is 5.76 Å². The van der Waals surface area contributed by atoms with Crippen molar-refractivity contribution < 1.29 is 28.2 Å². The van der Waals surface area contributed by atoms with E-state index in [1.165, 1.54) is 10.4 Å². The molecule has 2 aromatic rings. The third-order valence-corrected chi connectivity index (χ3v) is 12.8. The third kappa shape index (κ3) is 6.88. The monoisotopic (exact) mass is 568 g/mol. The summed E-state index contributed by atoms with van der Waals surface area (Å²) in [5.74, 6) is -1.63. The van der Waals surface area contributed by atoms with E-state index in [0.29, 0.717) is 30.8 Å². The zero-order valence-corrected chi connectivity index (χ0v) is 27.0. The van der Waals surface area contributed by atoms with Gasteiger partial charge in [0.25, 0.3) is 8.32 Å². The highest BCUT2D eigenvalue weighted by Crippen LogP contribution is 2.39. The molecule has 0 radical (unpaired) electrons. The summed E-state index contributed by atoms with van der Waals surface area (Å²) >= 11 is 0. The van der Waals surface area contributed by atoms with Crippen molar-refractivity contribution in [3.8, 4) is 0 Å². The summed E-state index contributed by atoms with van der Waals surface area (Å²) in [5, 5.41) is 2.41. The SMILES string of the molecule is COC(C[C@@H](C)CO[Si](c1ccccc1)(c1ccccc1)C(C)(C)C)(C[C@@H](C)C1=C(C)C(=O)OC(C)(C)O1)OC. The minimum Gasteiger partial charge on any atom is -0.456 e. The summed E-state index contributed by atoms with van der Waals surface area (Å²) in [6.45, 7) is 16.8. The van der Waals surface area contributed by atoms with E-state index in [1.54, 1.807) is 35.0 Å². The van der Waals surface area contributed by atoms with Crippen LogP contribution in [0.5, 0.6) is 0 Å². The number of rotatable bonds is 12. The molecule has 1 aliphatic rings. The van der Waals surface area contributed by atoms with E-state index in [0.717, 1.165) is 0 Å². The zero-order chi connectivity index (χ0) is 29.8. The van der Waals surface area contributed by atoms with Crippen LogP contribution in [0.2, 0.25) is 5.04 Å². The molecule has 2 aromatic carbocycles. The van der Waals surface area contributed by atoms with Gasteiger partial charge in [-0.1, -0.05) is 95.3 Å². The van der Waals surface area contributed by atoms with Gasteiger partial charge >= 0.3 is 5.97 Å². The predicted octanol–water partition coefficient (Wildman–Crippen LogP) is 6.19. The molecule has 3 rings (SSSR count). The van der Waals surface area contributed by atoms with Crippen molar-refractivity contribution >= 4 is 24.7 Å². The van der Waals surface area contributed by atoms with Crippen LogP contribution in [0.25, 0.3) is 0 Å². The quantitative estimate of drug-likeness (QED) is 0.173. The second-order valence-electron chi connectivity index (χ2n) is 12.6. The fourth-order valence-corrected chi connectivity index (χ4v) is 10.6. The fraction of sp³-hybridized carbons (Fsp3) is 0.545. The van der Waals surface area contributed by atoms with Gasteiger partial charge in [-0.05, 0) is 28.3 Å². The van der Waals surface area contributed by atoms with Crippen LogP contribution in [0.15, 0.2) is 72.0 Å². The minimum absolute atomic E-state index is 0.104. The summed E-state index contributed by atoms with van der Waals surface area (Å²) in [7, 11) is 0.687. The zero-order valence-electron chi connectivity index (χ0n) is 26.0. The predicted molar refractivity (Wildman–Crippen MR) is 162 cm³/mol. The molecular weight excluding hydrogens is 520 g/mol. The maximum Gasteiger partial charge on any atom is 0.340 e. The molecule has 7 heteroatoms. The topological polar surface area (TPSA) is 63.2 Å². The molecule has 0 saturated carbocycles. The first kappa shape index (κ1) is 32.1. The molecule has 40 heavy (non-hydrogen) atoms. The summed E-state index contributed by atoms with van der Waals surface area (Å²) in [5.41, 5.74) is 0.482. The van der Waals surface area contributed by atoms with E-state index in [9.17, 15) is 4.79 Å². The molecule has 1 aliphatic heterocycles. The van der Waals surface area contributed by atoms with Crippen molar-refractivity contribution in [2.75, 3.05) is 20.8 Å². The summed E-state index contributed by atoms with van der Waals surface area (Å²) < 4.78 is 30.7. The maximum absolute atomic E-state index is 12.5. The van der Waals surface area contributed by atoms with Crippen molar-refractivity contribution in [2.45, 2.75) is 84.8 Å². The number of allylic oxidation sites excluding steroid dienone is 1.